The molecule has 0 spiro atoms. The number of carbonyl (C=O) groups excluding carboxylic acids is 1. The van der Waals surface area contributed by atoms with Crippen LogP contribution in [-0.4, -0.2) is 38.3 Å². The molecule has 0 saturated heterocycles. The molecule has 1 amide bonds. The van der Waals surface area contributed by atoms with Gasteiger partial charge in [0.1, 0.15) is 5.75 Å². The fourth-order valence-corrected chi connectivity index (χ4v) is 4.93. The van der Waals surface area contributed by atoms with Crippen molar-refractivity contribution in [3.05, 3.63) is 52.0 Å². The number of nitrogens with zero attached hydrogens (tertiary/aromatic N) is 1. The Balaban J connectivity index is 2.17. The number of anilines is 1. The fraction of sp³-hybridized carbons (Fsp3) is 0.350. The largest absolute Gasteiger partial charge is 0.494 e. The monoisotopic (exact) mass is 468 g/mol. The smallest absolute Gasteiger partial charge is 0.243 e. The van der Waals surface area contributed by atoms with Gasteiger partial charge >= 0.3 is 0 Å². The van der Waals surface area contributed by atoms with Gasteiger partial charge in [-0.2, -0.15) is 4.31 Å². The summed E-state index contributed by atoms with van der Waals surface area (Å²) in [5, 5.41) is 2.83. The molecule has 28 heavy (non-hydrogen) atoms. The number of halogens is 1. The predicted molar refractivity (Wildman–Crippen MR) is 114 cm³/mol. The van der Waals surface area contributed by atoms with E-state index < -0.39 is 10.0 Å². The summed E-state index contributed by atoms with van der Waals surface area (Å²) in [6.45, 7) is 7.76. The van der Waals surface area contributed by atoms with Gasteiger partial charge in [0.2, 0.25) is 15.9 Å². The van der Waals surface area contributed by atoms with Crippen LogP contribution in [0.2, 0.25) is 0 Å². The summed E-state index contributed by atoms with van der Waals surface area (Å²) in [7, 11) is -3.79. The number of benzene rings is 2. The summed E-state index contributed by atoms with van der Waals surface area (Å²) < 4.78 is 33.2. The molecule has 152 valence electrons. The molecular weight excluding hydrogens is 444 g/mol. The standard InChI is InChI=1S/C20H25BrN2O4S/c1-5-23(28(25,26)18-9-7-17(8-10-18)27-6-2)13-19(24)22-20-14(3)11-16(21)12-15(20)4/h7-12H,5-6,13H2,1-4H3,(H,22,24). The summed E-state index contributed by atoms with van der Waals surface area (Å²) in [5.74, 6) is 0.216. The van der Waals surface area contributed by atoms with Gasteiger partial charge in [0.25, 0.3) is 0 Å². The lowest BCUT2D eigenvalue weighted by atomic mass is 10.1. The maximum Gasteiger partial charge on any atom is 0.243 e. The molecule has 2 rings (SSSR count). The lowest BCUT2D eigenvalue weighted by Gasteiger charge is -2.21. The van der Waals surface area contributed by atoms with Crippen LogP contribution in [0, 0.1) is 13.8 Å². The highest BCUT2D eigenvalue weighted by molar-refractivity contribution is 9.10. The Morgan fingerprint density at radius 1 is 1.11 bits per heavy atom. The van der Waals surface area contributed by atoms with Gasteiger partial charge in [-0.15, -0.1) is 0 Å². The molecule has 8 heteroatoms. The fourth-order valence-electron chi connectivity index (χ4n) is 2.84. The van der Waals surface area contributed by atoms with Crippen LogP contribution in [-0.2, 0) is 14.8 Å². The van der Waals surface area contributed by atoms with Crippen molar-refractivity contribution >= 4 is 37.5 Å². The highest BCUT2D eigenvalue weighted by Gasteiger charge is 2.25. The van der Waals surface area contributed by atoms with E-state index in [9.17, 15) is 13.2 Å². The van der Waals surface area contributed by atoms with Crippen molar-refractivity contribution in [1.82, 2.24) is 4.31 Å². The van der Waals surface area contributed by atoms with Crippen LogP contribution in [0.1, 0.15) is 25.0 Å². The molecule has 0 bridgehead atoms. The minimum atomic E-state index is -3.79. The van der Waals surface area contributed by atoms with E-state index in [-0.39, 0.29) is 23.9 Å². The Hall–Kier alpha value is -1.90. The molecule has 0 aliphatic rings. The van der Waals surface area contributed by atoms with Gasteiger partial charge < -0.3 is 10.1 Å². The molecule has 6 nitrogen and oxygen atoms in total. The second-order valence-corrected chi connectivity index (χ2v) is 9.15. The first-order chi connectivity index (χ1) is 13.2. The molecule has 0 unspecified atom stereocenters. The van der Waals surface area contributed by atoms with E-state index in [0.717, 1.165) is 19.9 Å². The van der Waals surface area contributed by atoms with Crippen LogP contribution in [0.25, 0.3) is 0 Å². The number of ether oxygens (including phenoxy) is 1. The third-order valence-corrected chi connectivity index (χ3v) is 6.60. The number of carbonyl (C=O) groups is 1. The molecule has 2 aromatic rings. The third kappa shape index (κ3) is 5.33. The lowest BCUT2D eigenvalue weighted by molar-refractivity contribution is -0.116. The molecule has 0 aromatic heterocycles. The average Bonchev–Trinajstić information content (AvgIpc) is 2.63. The molecule has 1 N–H and O–H groups in total. The molecule has 0 fully saturated rings. The zero-order valence-electron chi connectivity index (χ0n) is 16.5. The zero-order valence-corrected chi connectivity index (χ0v) is 18.9. The number of sulfonamides is 1. The van der Waals surface area contributed by atoms with Gasteiger partial charge in [0, 0.05) is 16.7 Å². The highest BCUT2D eigenvalue weighted by Crippen LogP contribution is 2.25. The predicted octanol–water partition coefficient (Wildman–Crippen LogP) is 4.11. The first-order valence-corrected chi connectivity index (χ1v) is 11.2. The SMILES string of the molecule is CCOc1ccc(S(=O)(=O)N(CC)CC(=O)Nc2c(C)cc(Br)cc2C)cc1. The van der Waals surface area contributed by atoms with Gasteiger partial charge in [0.15, 0.2) is 0 Å². The van der Waals surface area contributed by atoms with E-state index in [1.54, 1.807) is 19.1 Å². The van der Waals surface area contributed by atoms with Crippen LogP contribution in [0.3, 0.4) is 0 Å². The van der Waals surface area contributed by atoms with Crippen molar-refractivity contribution in [3.8, 4) is 5.75 Å². The Kier molecular flexibility index (Phi) is 7.63. The number of rotatable bonds is 8. The van der Waals surface area contributed by atoms with E-state index in [4.69, 9.17) is 4.74 Å². The Labute approximate surface area is 175 Å². The Bertz CT molecular complexity index is 920. The van der Waals surface area contributed by atoms with Crippen molar-refractivity contribution in [2.24, 2.45) is 0 Å². The Morgan fingerprint density at radius 2 is 1.68 bits per heavy atom. The molecule has 0 atom stereocenters. The highest BCUT2D eigenvalue weighted by atomic mass is 79.9. The Morgan fingerprint density at radius 3 is 2.18 bits per heavy atom. The second-order valence-electron chi connectivity index (χ2n) is 6.30. The number of hydrogen-bond acceptors (Lipinski definition) is 4. The molecule has 0 aliphatic carbocycles. The number of nitrogens with one attached hydrogen (secondary N) is 1. The molecule has 0 saturated carbocycles. The summed E-state index contributed by atoms with van der Waals surface area (Å²) in [4.78, 5) is 12.7. The summed E-state index contributed by atoms with van der Waals surface area (Å²) in [6.07, 6.45) is 0. The second kappa shape index (κ2) is 9.54. The first-order valence-electron chi connectivity index (χ1n) is 8.98. The van der Waals surface area contributed by atoms with Crippen molar-refractivity contribution < 1.29 is 17.9 Å². The zero-order chi connectivity index (χ0) is 20.9. The van der Waals surface area contributed by atoms with E-state index in [0.29, 0.717) is 18.0 Å². The summed E-state index contributed by atoms with van der Waals surface area (Å²) >= 11 is 3.42. The van der Waals surface area contributed by atoms with Crippen molar-refractivity contribution in [2.45, 2.75) is 32.6 Å². The number of amides is 1. The van der Waals surface area contributed by atoms with Crippen LogP contribution in [0.15, 0.2) is 45.8 Å². The third-order valence-electron chi connectivity index (χ3n) is 4.21. The van der Waals surface area contributed by atoms with Gasteiger partial charge in [-0.25, -0.2) is 8.42 Å². The van der Waals surface area contributed by atoms with E-state index in [1.165, 1.54) is 12.1 Å². The normalized spacial score (nSPS) is 11.5. The van der Waals surface area contributed by atoms with E-state index in [2.05, 4.69) is 21.2 Å². The number of hydrogen-bond donors (Lipinski definition) is 1. The molecule has 2 aromatic carbocycles. The van der Waals surface area contributed by atoms with Crippen molar-refractivity contribution in [1.29, 1.82) is 0 Å². The minimum Gasteiger partial charge on any atom is -0.494 e. The quantitative estimate of drug-likeness (QED) is 0.632. The van der Waals surface area contributed by atoms with Crippen molar-refractivity contribution in [2.75, 3.05) is 25.0 Å². The van der Waals surface area contributed by atoms with Crippen LogP contribution < -0.4 is 10.1 Å². The van der Waals surface area contributed by atoms with E-state index in [1.807, 2.05) is 32.9 Å². The lowest BCUT2D eigenvalue weighted by Crippen LogP contribution is -2.38. The number of likely N-dealkylation sites (N-methyl/N-ethyl adjacent to an activating group) is 1. The molecular formula is C20H25BrN2O4S. The van der Waals surface area contributed by atoms with Crippen LogP contribution in [0.5, 0.6) is 5.75 Å². The first kappa shape index (κ1) is 22.4. The van der Waals surface area contributed by atoms with E-state index >= 15 is 0 Å². The summed E-state index contributed by atoms with van der Waals surface area (Å²) in [6, 6.07) is 10.00. The molecule has 0 radical (unpaired) electrons. The van der Waals surface area contributed by atoms with Crippen LogP contribution in [0.4, 0.5) is 5.69 Å². The minimum absolute atomic E-state index is 0.126. The maximum atomic E-state index is 12.9. The molecule has 0 aliphatic heterocycles. The van der Waals surface area contributed by atoms with Crippen molar-refractivity contribution in [3.63, 3.8) is 0 Å². The topological polar surface area (TPSA) is 75.7 Å². The van der Waals surface area contributed by atoms with Gasteiger partial charge in [-0.05, 0) is 68.3 Å². The van der Waals surface area contributed by atoms with Gasteiger partial charge in [0.05, 0.1) is 18.0 Å². The molecule has 0 heterocycles. The number of aryl methyl sites for hydroxylation is 2. The summed E-state index contributed by atoms with van der Waals surface area (Å²) in [5.41, 5.74) is 2.50. The average molecular weight is 469 g/mol. The maximum absolute atomic E-state index is 12.9. The van der Waals surface area contributed by atoms with Gasteiger partial charge in [-0.1, -0.05) is 22.9 Å². The van der Waals surface area contributed by atoms with Crippen LogP contribution >= 0.6 is 15.9 Å². The van der Waals surface area contributed by atoms with Gasteiger partial charge in [-0.3, -0.25) is 4.79 Å².